The first kappa shape index (κ1) is 51.6. The van der Waals surface area contributed by atoms with E-state index in [4.69, 9.17) is 37.9 Å². The van der Waals surface area contributed by atoms with Gasteiger partial charge in [0.15, 0.2) is 6.29 Å². The van der Waals surface area contributed by atoms with Crippen LogP contribution in [0.1, 0.15) is 118 Å². The molecule has 0 aliphatic carbocycles. The van der Waals surface area contributed by atoms with E-state index in [9.17, 15) is 5.11 Å². The fourth-order valence-corrected chi connectivity index (χ4v) is 8.69. The van der Waals surface area contributed by atoms with Crippen LogP contribution >= 0.6 is 0 Å². The van der Waals surface area contributed by atoms with E-state index in [0.29, 0.717) is 13.2 Å². The number of aliphatic hydroxyl groups is 1. The minimum absolute atomic E-state index is 0.00841. The molecule has 3 rings (SSSR count). The Morgan fingerprint density at radius 1 is 0.767 bits per heavy atom. The molecule has 60 heavy (non-hydrogen) atoms. The standard InChI is InChI=1S/C51H82O9/c1-13-14-19-32-51(7,8)49(52)39(5)45(57-33-41-24-28-43(54-10)29-25-41)22-17-15-20-36(2)47(58-34-42-26-30-44(55-11)31-27-42)37(3)21-16-18-23-46-38(4)48(59-35-53-9)40(6)50(56-12)60-46/h15-16,20-21,24-31,36-40,45-50,52H,13-14,17-19,22-23,32-35H2,1-12H3/b20-15-,21-16-/t36-,37-,38+,39-,40+,45+,46-,47+,48-,49+,50+/m0/s1. The van der Waals surface area contributed by atoms with Crippen LogP contribution in [-0.2, 0) is 41.6 Å². The van der Waals surface area contributed by atoms with Crippen molar-refractivity contribution in [3.05, 3.63) is 84.0 Å². The molecule has 1 fully saturated rings. The monoisotopic (exact) mass is 839 g/mol. The van der Waals surface area contributed by atoms with Gasteiger partial charge in [-0.3, -0.25) is 0 Å². The first-order valence-corrected chi connectivity index (χ1v) is 22.6. The molecule has 9 heteroatoms. The maximum absolute atomic E-state index is 11.7. The van der Waals surface area contributed by atoms with Crippen LogP contribution in [0.15, 0.2) is 72.8 Å². The van der Waals surface area contributed by atoms with Crippen molar-refractivity contribution in [3.8, 4) is 11.5 Å². The topological polar surface area (TPSA) is 94.1 Å². The van der Waals surface area contributed by atoms with Gasteiger partial charge in [-0.2, -0.15) is 0 Å². The first-order chi connectivity index (χ1) is 28.8. The molecular weight excluding hydrogens is 757 g/mol. The third-order valence-corrected chi connectivity index (χ3v) is 12.7. The van der Waals surface area contributed by atoms with Gasteiger partial charge in [0.1, 0.15) is 18.3 Å². The second-order valence-electron chi connectivity index (χ2n) is 17.8. The van der Waals surface area contributed by atoms with E-state index in [0.717, 1.165) is 61.2 Å². The molecule has 0 spiro atoms. The van der Waals surface area contributed by atoms with Crippen LogP contribution in [0.25, 0.3) is 0 Å². The Morgan fingerprint density at radius 3 is 1.87 bits per heavy atom. The van der Waals surface area contributed by atoms with E-state index >= 15 is 0 Å². The molecule has 0 radical (unpaired) electrons. The number of rotatable bonds is 29. The van der Waals surface area contributed by atoms with Crippen molar-refractivity contribution in [2.45, 2.75) is 157 Å². The summed E-state index contributed by atoms with van der Waals surface area (Å²) in [6.07, 6.45) is 16.0. The fraction of sp³-hybridized carbons (Fsp3) is 0.686. The molecule has 1 N–H and O–H groups in total. The molecule has 1 heterocycles. The van der Waals surface area contributed by atoms with Crippen molar-refractivity contribution in [3.63, 3.8) is 0 Å². The summed E-state index contributed by atoms with van der Waals surface area (Å²) in [6.45, 7) is 18.8. The van der Waals surface area contributed by atoms with Gasteiger partial charge >= 0.3 is 0 Å². The molecule has 0 unspecified atom stereocenters. The molecular formula is C51H82O9. The second-order valence-corrected chi connectivity index (χ2v) is 17.8. The Kier molecular flexibility index (Phi) is 23.5. The zero-order chi connectivity index (χ0) is 44.1. The molecule has 2 aromatic carbocycles. The van der Waals surface area contributed by atoms with Crippen LogP contribution < -0.4 is 9.47 Å². The number of hydrogen-bond acceptors (Lipinski definition) is 9. The molecule has 1 aliphatic rings. The average molecular weight is 839 g/mol. The molecule has 11 atom stereocenters. The van der Waals surface area contributed by atoms with Gasteiger partial charge in [-0.05, 0) is 72.9 Å². The SMILES string of the molecule is CCCCCC(C)(C)[C@H](O)[C@@H](C)[C@@H](CC/C=C\[C@H](C)[C@@H](OCc1ccc(OC)cc1)[C@@H](C)/C=C\CC[C@@H]1O[C@@H](OC)[C@H](C)[C@@H](OCOC)[C@@H]1C)OCc1ccc(OC)cc1. The number of unbranched alkanes of at least 4 members (excludes halogenated alkanes) is 2. The summed E-state index contributed by atoms with van der Waals surface area (Å²) in [7, 11) is 6.71. The van der Waals surface area contributed by atoms with E-state index in [1.165, 1.54) is 12.8 Å². The zero-order valence-electron chi connectivity index (χ0n) is 39.3. The van der Waals surface area contributed by atoms with E-state index in [1.54, 1.807) is 28.4 Å². The highest BCUT2D eigenvalue weighted by Gasteiger charge is 2.42. The second kappa shape index (κ2) is 27.3. The van der Waals surface area contributed by atoms with Gasteiger partial charge in [0, 0.05) is 43.8 Å². The molecule has 9 nitrogen and oxygen atoms in total. The molecule has 0 saturated carbocycles. The number of methoxy groups -OCH3 is 4. The highest BCUT2D eigenvalue weighted by atomic mass is 16.7. The van der Waals surface area contributed by atoms with Crippen molar-refractivity contribution in [1.82, 2.24) is 0 Å². The molecule has 0 bridgehead atoms. The summed E-state index contributed by atoms with van der Waals surface area (Å²) in [4.78, 5) is 0. The highest BCUT2D eigenvalue weighted by Crippen LogP contribution is 2.36. The van der Waals surface area contributed by atoms with E-state index in [1.807, 2.05) is 36.4 Å². The van der Waals surface area contributed by atoms with Gasteiger partial charge in [0.05, 0.1) is 58.0 Å². The van der Waals surface area contributed by atoms with Crippen LogP contribution in [0.4, 0.5) is 0 Å². The fourth-order valence-electron chi connectivity index (χ4n) is 8.69. The van der Waals surface area contributed by atoms with Crippen molar-refractivity contribution < 1.29 is 43.0 Å². The number of ether oxygens (including phenoxy) is 8. The Hall–Kier alpha value is -2.76. The quantitative estimate of drug-likeness (QED) is 0.0488. The summed E-state index contributed by atoms with van der Waals surface area (Å²) in [6, 6.07) is 16.1. The molecule has 1 saturated heterocycles. The van der Waals surface area contributed by atoms with Crippen LogP contribution in [0.5, 0.6) is 11.5 Å². The van der Waals surface area contributed by atoms with E-state index in [2.05, 4.69) is 91.8 Å². The third kappa shape index (κ3) is 16.5. The zero-order valence-corrected chi connectivity index (χ0v) is 39.3. The van der Waals surface area contributed by atoms with Crippen LogP contribution in [-0.4, -0.2) is 77.1 Å². The Morgan fingerprint density at radius 2 is 1.33 bits per heavy atom. The molecule has 2 aromatic rings. The molecule has 0 amide bonds. The number of hydrogen-bond donors (Lipinski definition) is 1. The predicted molar refractivity (Wildman–Crippen MR) is 242 cm³/mol. The molecule has 0 aromatic heterocycles. The first-order valence-electron chi connectivity index (χ1n) is 22.6. The van der Waals surface area contributed by atoms with Gasteiger partial charge in [-0.15, -0.1) is 0 Å². The van der Waals surface area contributed by atoms with Gasteiger partial charge in [-0.25, -0.2) is 0 Å². The summed E-state index contributed by atoms with van der Waals surface area (Å²) in [5, 5.41) is 11.7. The Balaban J connectivity index is 1.72. The Bertz CT molecular complexity index is 1470. The third-order valence-electron chi connectivity index (χ3n) is 12.7. The molecule has 1 aliphatic heterocycles. The molecule has 340 valence electrons. The van der Waals surface area contributed by atoms with Gasteiger partial charge < -0.3 is 43.0 Å². The van der Waals surface area contributed by atoms with Crippen molar-refractivity contribution >= 4 is 0 Å². The largest absolute Gasteiger partial charge is 0.497 e. The summed E-state index contributed by atoms with van der Waals surface area (Å²) < 4.78 is 47.5. The normalized spacial score (nSPS) is 23.1. The van der Waals surface area contributed by atoms with E-state index in [-0.39, 0.29) is 72.5 Å². The number of aliphatic hydroxyl groups excluding tert-OH is 1. The van der Waals surface area contributed by atoms with Gasteiger partial charge in [0.2, 0.25) is 0 Å². The lowest BCUT2D eigenvalue weighted by Crippen LogP contribution is -2.50. The lowest BCUT2D eigenvalue weighted by atomic mass is 9.74. The smallest absolute Gasteiger partial charge is 0.162 e. The van der Waals surface area contributed by atoms with Crippen LogP contribution in [0.2, 0.25) is 0 Å². The lowest BCUT2D eigenvalue weighted by molar-refractivity contribution is -0.271. The number of benzene rings is 2. The summed E-state index contributed by atoms with van der Waals surface area (Å²) in [5.41, 5.74) is 1.99. The van der Waals surface area contributed by atoms with Crippen molar-refractivity contribution in [1.29, 1.82) is 0 Å². The van der Waals surface area contributed by atoms with Crippen molar-refractivity contribution in [2.24, 2.45) is 35.0 Å². The maximum Gasteiger partial charge on any atom is 0.162 e. The van der Waals surface area contributed by atoms with Crippen molar-refractivity contribution in [2.75, 3.05) is 35.2 Å². The van der Waals surface area contributed by atoms with Crippen LogP contribution in [0, 0.1) is 35.0 Å². The lowest BCUT2D eigenvalue weighted by Gasteiger charge is -2.43. The maximum atomic E-state index is 11.7. The minimum Gasteiger partial charge on any atom is -0.497 e. The summed E-state index contributed by atoms with van der Waals surface area (Å²) in [5.74, 6) is 2.22. The van der Waals surface area contributed by atoms with Gasteiger partial charge in [0.25, 0.3) is 0 Å². The van der Waals surface area contributed by atoms with E-state index < -0.39 is 6.10 Å². The summed E-state index contributed by atoms with van der Waals surface area (Å²) >= 11 is 0. The minimum atomic E-state index is -0.482. The number of allylic oxidation sites excluding steroid dienone is 2. The predicted octanol–water partition coefficient (Wildman–Crippen LogP) is 11.4. The average Bonchev–Trinajstić information content (AvgIpc) is 3.25. The highest BCUT2D eigenvalue weighted by molar-refractivity contribution is 5.27. The Labute approximate surface area is 364 Å². The van der Waals surface area contributed by atoms with Gasteiger partial charge in [-0.1, -0.05) is 123 Å². The van der Waals surface area contributed by atoms with Crippen LogP contribution in [0.3, 0.4) is 0 Å².